The van der Waals surface area contributed by atoms with Gasteiger partial charge in [0.05, 0.1) is 12.7 Å². The van der Waals surface area contributed by atoms with Crippen molar-refractivity contribution < 1.29 is 14.6 Å². The zero-order chi connectivity index (χ0) is 14.7. The third-order valence-corrected chi connectivity index (χ3v) is 2.95. The summed E-state index contributed by atoms with van der Waals surface area (Å²) in [4.78, 5) is 14.8. The van der Waals surface area contributed by atoms with E-state index in [-0.39, 0.29) is 5.56 Å². The number of aryl methyl sites for hydroxylation is 2. The Morgan fingerprint density at radius 1 is 1.25 bits per heavy atom. The van der Waals surface area contributed by atoms with Gasteiger partial charge in [-0.15, -0.1) is 0 Å². The fourth-order valence-electron chi connectivity index (χ4n) is 2.09. The number of rotatable bonds is 4. The van der Waals surface area contributed by atoms with Gasteiger partial charge in [-0.3, -0.25) is 0 Å². The molecule has 0 unspecified atom stereocenters. The van der Waals surface area contributed by atoms with Gasteiger partial charge in [0.15, 0.2) is 0 Å². The predicted molar refractivity (Wildman–Crippen MR) is 76.9 cm³/mol. The van der Waals surface area contributed by atoms with Crippen LogP contribution in [-0.2, 0) is 0 Å². The summed E-state index contributed by atoms with van der Waals surface area (Å²) in [6.07, 6.45) is 1.33. The predicted octanol–water partition coefficient (Wildman–Crippen LogP) is 3.15. The van der Waals surface area contributed by atoms with Crippen molar-refractivity contribution in [3.63, 3.8) is 0 Å². The number of carbonyl (C=O) groups is 1. The largest absolute Gasteiger partial charge is 0.496 e. The number of ether oxygens (including phenoxy) is 1. The van der Waals surface area contributed by atoms with E-state index < -0.39 is 5.97 Å². The normalized spacial score (nSPS) is 10.2. The van der Waals surface area contributed by atoms with E-state index >= 15 is 0 Å². The van der Waals surface area contributed by atoms with Gasteiger partial charge in [0.25, 0.3) is 0 Å². The van der Waals surface area contributed by atoms with Gasteiger partial charge in [-0.05, 0) is 49.2 Å². The fourth-order valence-corrected chi connectivity index (χ4v) is 2.09. The molecule has 0 atom stereocenters. The van der Waals surface area contributed by atoms with Gasteiger partial charge in [0, 0.05) is 11.9 Å². The zero-order valence-corrected chi connectivity index (χ0v) is 11.6. The van der Waals surface area contributed by atoms with Gasteiger partial charge in [-0.25, -0.2) is 9.78 Å². The summed E-state index contributed by atoms with van der Waals surface area (Å²) < 4.78 is 5.31. The maximum atomic E-state index is 10.8. The quantitative estimate of drug-likeness (QED) is 0.894. The first-order valence-corrected chi connectivity index (χ1v) is 6.13. The standard InChI is InChI=1S/C15H16N2O3/c1-9-6-12(7-10(2)14(9)20-3)17-13-5-4-11(8-16-13)15(18)19/h4-8H,1-3H3,(H,16,17)(H,18,19). The molecule has 0 saturated heterocycles. The minimum absolute atomic E-state index is 0.164. The summed E-state index contributed by atoms with van der Waals surface area (Å²) >= 11 is 0. The van der Waals surface area contributed by atoms with Crippen LogP contribution >= 0.6 is 0 Å². The highest BCUT2D eigenvalue weighted by atomic mass is 16.5. The Bertz CT molecular complexity index is 613. The molecule has 2 aromatic rings. The average molecular weight is 272 g/mol. The van der Waals surface area contributed by atoms with E-state index in [9.17, 15) is 4.79 Å². The number of anilines is 2. The van der Waals surface area contributed by atoms with Crippen molar-refractivity contribution >= 4 is 17.5 Å². The number of methoxy groups -OCH3 is 1. The lowest BCUT2D eigenvalue weighted by atomic mass is 10.1. The Kier molecular flexibility index (Phi) is 3.89. The van der Waals surface area contributed by atoms with E-state index in [1.54, 1.807) is 13.2 Å². The van der Waals surface area contributed by atoms with E-state index in [0.717, 1.165) is 22.6 Å². The van der Waals surface area contributed by atoms with Gasteiger partial charge in [-0.2, -0.15) is 0 Å². The maximum absolute atomic E-state index is 10.8. The minimum atomic E-state index is -0.986. The van der Waals surface area contributed by atoms with Gasteiger partial charge < -0.3 is 15.2 Å². The van der Waals surface area contributed by atoms with Gasteiger partial charge in [-0.1, -0.05) is 0 Å². The molecule has 1 heterocycles. The molecular formula is C15H16N2O3. The smallest absolute Gasteiger partial charge is 0.337 e. The molecule has 0 bridgehead atoms. The van der Waals surface area contributed by atoms with Crippen molar-refractivity contribution in [3.8, 4) is 5.75 Å². The SMILES string of the molecule is COc1c(C)cc(Nc2ccc(C(=O)O)cn2)cc1C. The van der Waals surface area contributed by atoms with Crippen LogP contribution in [0.15, 0.2) is 30.5 Å². The van der Waals surface area contributed by atoms with E-state index in [1.807, 2.05) is 26.0 Å². The van der Waals surface area contributed by atoms with Crippen LogP contribution in [0.4, 0.5) is 11.5 Å². The summed E-state index contributed by atoms with van der Waals surface area (Å²) in [7, 11) is 1.65. The molecule has 0 saturated carbocycles. The lowest BCUT2D eigenvalue weighted by molar-refractivity contribution is 0.0696. The molecule has 2 N–H and O–H groups in total. The van der Waals surface area contributed by atoms with Crippen LogP contribution in [-0.4, -0.2) is 23.2 Å². The van der Waals surface area contributed by atoms with Crippen molar-refractivity contribution in [3.05, 3.63) is 47.2 Å². The molecule has 0 aliphatic rings. The molecule has 5 nitrogen and oxygen atoms in total. The molecule has 0 aliphatic heterocycles. The number of benzene rings is 1. The zero-order valence-electron chi connectivity index (χ0n) is 11.6. The molecule has 0 spiro atoms. The highest BCUT2D eigenvalue weighted by molar-refractivity contribution is 5.87. The number of hydrogen-bond acceptors (Lipinski definition) is 4. The Balaban J connectivity index is 2.24. The average Bonchev–Trinajstić information content (AvgIpc) is 2.39. The monoisotopic (exact) mass is 272 g/mol. The van der Waals surface area contributed by atoms with Crippen LogP contribution in [0.5, 0.6) is 5.75 Å². The van der Waals surface area contributed by atoms with Crippen LogP contribution in [0.3, 0.4) is 0 Å². The number of pyridine rings is 1. The number of aromatic nitrogens is 1. The van der Waals surface area contributed by atoms with Gasteiger partial charge >= 0.3 is 5.97 Å². The number of nitrogens with one attached hydrogen (secondary N) is 1. The first kappa shape index (κ1) is 13.9. The lowest BCUT2D eigenvalue weighted by Gasteiger charge is -2.12. The van der Waals surface area contributed by atoms with Crippen molar-refractivity contribution in [1.29, 1.82) is 0 Å². The van der Waals surface area contributed by atoms with E-state index in [2.05, 4.69) is 10.3 Å². The van der Waals surface area contributed by atoms with Gasteiger partial charge in [0.2, 0.25) is 0 Å². The Labute approximate surface area is 117 Å². The van der Waals surface area contributed by atoms with Gasteiger partial charge in [0.1, 0.15) is 11.6 Å². The molecule has 0 fully saturated rings. The topological polar surface area (TPSA) is 71.5 Å². The Morgan fingerprint density at radius 3 is 2.35 bits per heavy atom. The third-order valence-electron chi connectivity index (χ3n) is 2.95. The molecule has 20 heavy (non-hydrogen) atoms. The van der Waals surface area contributed by atoms with Crippen molar-refractivity contribution in [2.24, 2.45) is 0 Å². The number of aromatic carboxylic acids is 1. The maximum Gasteiger partial charge on any atom is 0.337 e. The molecule has 0 radical (unpaired) electrons. The molecule has 0 aliphatic carbocycles. The molecular weight excluding hydrogens is 256 g/mol. The number of carboxylic acids is 1. The third kappa shape index (κ3) is 2.88. The highest BCUT2D eigenvalue weighted by Crippen LogP contribution is 2.28. The van der Waals surface area contributed by atoms with Crippen molar-refractivity contribution in [1.82, 2.24) is 4.98 Å². The fraction of sp³-hybridized carbons (Fsp3) is 0.200. The molecule has 2 rings (SSSR count). The first-order valence-electron chi connectivity index (χ1n) is 6.13. The van der Waals surface area contributed by atoms with E-state index in [1.165, 1.54) is 12.3 Å². The Morgan fingerprint density at radius 2 is 1.90 bits per heavy atom. The van der Waals surface area contributed by atoms with E-state index in [4.69, 9.17) is 9.84 Å². The van der Waals surface area contributed by atoms with Crippen LogP contribution < -0.4 is 10.1 Å². The summed E-state index contributed by atoms with van der Waals surface area (Å²) in [5.74, 6) is 0.476. The van der Waals surface area contributed by atoms with Crippen molar-refractivity contribution in [2.75, 3.05) is 12.4 Å². The summed E-state index contributed by atoms with van der Waals surface area (Å²) in [6, 6.07) is 7.07. The second-order valence-electron chi connectivity index (χ2n) is 4.51. The van der Waals surface area contributed by atoms with E-state index in [0.29, 0.717) is 5.82 Å². The second kappa shape index (κ2) is 5.61. The summed E-state index contributed by atoms with van der Waals surface area (Å²) in [6.45, 7) is 3.94. The highest BCUT2D eigenvalue weighted by Gasteiger charge is 2.07. The van der Waals surface area contributed by atoms with Crippen molar-refractivity contribution in [2.45, 2.75) is 13.8 Å². The number of nitrogens with zero attached hydrogens (tertiary/aromatic N) is 1. The lowest BCUT2D eigenvalue weighted by Crippen LogP contribution is -2.00. The molecule has 1 aromatic heterocycles. The molecule has 1 aromatic carbocycles. The summed E-state index contributed by atoms with van der Waals surface area (Å²) in [5.41, 5.74) is 3.10. The van der Waals surface area contributed by atoms with Crippen LogP contribution in [0.25, 0.3) is 0 Å². The molecule has 0 amide bonds. The summed E-state index contributed by atoms with van der Waals surface area (Å²) in [5, 5.41) is 12.0. The first-order chi connectivity index (χ1) is 9.51. The van der Waals surface area contributed by atoms with Crippen LogP contribution in [0, 0.1) is 13.8 Å². The number of carboxylic acid groups (broad SMARTS) is 1. The second-order valence-corrected chi connectivity index (χ2v) is 4.51. The molecule has 5 heteroatoms. The minimum Gasteiger partial charge on any atom is -0.496 e. The molecule has 104 valence electrons. The van der Waals surface area contributed by atoms with Crippen LogP contribution in [0.1, 0.15) is 21.5 Å². The van der Waals surface area contributed by atoms with Crippen LogP contribution in [0.2, 0.25) is 0 Å². The number of hydrogen-bond donors (Lipinski definition) is 2. The Hall–Kier alpha value is -2.56.